The van der Waals surface area contributed by atoms with Crippen LogP contribution in [-0.4, -0.2) is 12.1 Å². The number of hydrogen-bond donors (Lipinski definition) is 2. The van der Waals surface area contributed by atoms with Crippen molar-refractivity contribution < 1.29 is 4.79 Å². The maximum atomic E-state index is 11.2. The monoisotopic (exact) mass is 212 g/mol. The minimum absolute atomic E-state index is 0.106. The summed E-state index contributed by atoms with van der Waals surface area (Å²) >= 11 is 1.66. The number of carbonyl (C=O) groups excluding carboxylic acids is 1. The van der Waals surface area contributed by atoms with Gasteiger partial charge in [0.2, 0.25) is 0 Å². The van der Waals surface area contributed by atoms with Gasteiger partial charge in [0, 0.05) is 12.6 Å². The zero-order chi connectivity index (χ0) is 10.6. The van der Waals surface area contributed by atoms with Gasteiger partial charge in [0.05, 0.1) is 0 Å². The van der Waals surface area contributed by atoms with E-state index in [1.807, 2.05) is 20.8 Å². The van der Waals surface area contributed by atoms with Gasteiger partial charge in [0.15, 0.2) is 0 Å². The molecule has 4 heteroatoms. The fourth-order valence-electron chi connectivity index (χ4n) is 1.06. The van der Waals surface area contributed by atoms with Crippen molar-refractivity contribution >= 4 is 17.4 Å². The van der Waals surface area contributed by atoms with Gasteiger partial charge in [-0.05, 0) is 42.7 Å². The molecule has 0 bridgehead atoms. The van der Waals surface area contributed by atoms with E-state index in [0.29, 0.717) is 6.54 Å². The first-order valence-corrected chi connectivity index (χ1v) is 5.60. The molecule has 0 saturated carbocycles. The third-order valence-electron chi connectivity index (χ3n) is 1.82. The number of carbonyl (C=O) groups is 1. The Hall–Kier alpha value is -1.03. The maximum Gasteiger partial charge on any atom is 0.315 e. The van der Waals surface area contributed by atoms with Gasteiger partial charge in [0.25, 0.3) is 0 Å². The molecule has 2 N–H and O–H groups in total. The second-order valence-corrected chi connectivity index (χ2v) is 4.31. The normalized spacial score (nSPS) is 10.3. The molecule has 1 aromatic heterocycles. The number of thiophene rings is 1. The number of aryl methyl sites for hydroxylation is 1. The Bertz CT molecular complexity index is 307. The summed E-state index contributed by atoms with van der Waals surface area (Å²) in [4.78, 5) is 11.2. The first-order valence-electron chi connectivity index (χ1n) is 4.65. The van der Waals surface area contributed by atoms with E-state index in [1.165, 1.54) is 11.1 Å². The first kappa shape index (κ1) is 11.0. The third-order valence-corrected chi connectivity index (χ3v) is 2.73. The quantitative estimate of drug-likeness (QED) is 0.793. The van der Waals surface area contributed by atoms with Crippen LogP contribution in [0.5, 0.6) is 0 Å². The molecule has 0 saturated heterocycles. The number of nitrogens with one attached hydrogen (secondary N) is 2. The molecule has 0 atom stereocenters. The zero-order valence-corrected chi connectivity index (χ0v) is 9.57. The van der Waals surface area contributed by atoms with Gasteiger partial charge in [-0.25, -0.2) is 4.79 Å². The number of urea groups is 1. The Morgan fingerprint density at radius 2 is 2.21 bits per heavy atom. The van der Waals surface area contributed by atoms with Crippen LogP contribution in [0.1, 0.15) is 25.0 Å². The third kappa shape index (κ3) is 3.38. The summed E-state index contributed by atoms with van der Waals surface area (Å²) in [5.41, 5.74) is 2.42. The van der Waals surface area contributed by atoms with Crippen molar-refractivity contribution in [2.45, 2.75) is 33.4 Å². The Balaban J connectivity index is 2.34. The van der Waals surface area contributed by atoms with Crippen LogP contribution in [0.2, 0.25) is 0 Å². The van der Waals surface area contributed by atoms with Crippen molar-refractivity contribution in [2.75, 3.05) is 0 Å². The Morgan fingerprint density at radius 1 is 1.50 bits per heavy atom. The molecule has 0 aliphatic rings. The molecule has 1 heterocycles. The molecular formula is C10H16N2OS. The van der Waals surface area contributed by atoms with E-state index in [0.717, 1.165) is 0 Å². The molecule has 0 aliphatic carbocycles. The fourth-order valence-corrected chi connectivity index (χ4v) is 1.91. The summed E-state index contributed by atoms with van der Waals surface area (Å²) < 4.78 is 0. The van der Waals surface area contributed by atoms with Crippen LogP contribution in [0.3, 0.4) is 0 Å². The molecule has 2 amide bonds. The fraction of sp³-hybridized carbons (Fsp3) is 0.500. The minimum Gasteiger partial charge on any atom is -0.336 e. The van der Waals surface area contributed by atoms with Crippen LogP contribution in [0.25, 0.3) is 0 Å². The smallest absolute Gasteiger partial charge is 0.315 e. The second-order valence-electron chi connectivity index (χ2n) is 3.56. The number of hydrogen-bond acceptors (Lipinski definition) is 2. The van der Waals surface area contributed by atoms with Crippen molar-refractivity contribution in [3.05, 3.63) is 21.9 Å². The van der Waals surface area contributed by atoms with E-state index < -0.39 is 0 Å². The summed E-state index contributed by atoms with van der Waals surface area (Å²) in [5.74, 6) is 0. The number of amides is 2. The van der Waals surface area contributed by atoms with Crippen LogP contribution < -0.4 is 10.6 Å². The van der Waals surface area contributed by atoms with Gasteiger partial charge in [-0.15, -0.1) is 0 Å². The molecular weight excluding hydrogens is 196 g/mol. The average molecular weight is 212 g/mol. The second kappa shape index (κ2) is 5.00. The van der Waals surface area contributed by atoms with Crippen LogP contribution in [0.15, 0.2) is 10.8 Å². The molecule has 0 fully saturated rings. The number of rotatable bonds is 3. The van der Waals surface area contributed by atoms with Crippen LogP contribution in [0, 0.1) is 6.92 Å². The lowest BCUT2D eigenvalue weighted by molar-refractivity contribution is 0.238. The molecule has 0 radical (unpaired) electrons. The zero-order valence-electron chi connectivity index (χ0n) is 8.76. The highest BCUT2D eigenvalue weighted by Crippen LogP contribution is 2.12. The van der Waals surface area contributed by atoms with Crippen molar-refractivity contribution in [2.24, 2.45) is 0 Å². The summed E-state index contributed by atoms with van der Waals surface area (Å²) in [5, 5.41) is 9.73. The van der Waals surface area contributed by atoms with Gasteiger partial charge in [-0.2, -0.15) is 11.3 Å². The Kier molecular flexibility index (Phi) is 3.95. The molecule has 1 rings (SSSR count). The van der Waals surface area contributed by atoms with E-state index in [2.05, 4.69) is 21.4 Å². The molecule has 0 aromatic carbocycles. The van der Waals surface area contributed by atoms with Gasteiger partial charge in [0.1, 0.15) is 0 Å². The van der Waals surface area contributed by atoms with Gasteiger partial charge >= 0.3 is 6.03 Å². The molecule has 1 aromatic rings. The van der Waals surface area contributed by atoms with Crippen molar-refractivity contribution in [1.29, 1.82) is 0 Å². The predicted molar refractivity (Wildman–Crippen MR) is 59.6 cm³/mol. The van der Waals surface area contributed by atoms with Crippen molar-refractivity contribution in [3.8, 4) is 0 Å². The molecule has 78 valence electrons. The predicted octanol–water partition coefficient (Wildman–Crippen LogP) is 2.26. The van der Waals surface area contributed by atoms with E-state index in [1.54, 1.807) is 11.3 Å². The topological polar surface area (TPSA) is 41.1 Å². The highest BCUT2D eigenvalue weighted by atomic mass is 32.1. The molecule has 0 unspecified atom stereocenters. The van der Waals surface area contributed by atoms with Crippen LogP contribution >= 0.6 is 11.3 Å². The lowest BCUT2D eigenvalue weighted by Crippen LogP contribution is -2.39. The van der Waals surface area contributed by atoms with Crippen LogP contribution in [-0.2, 0) is 6.54 Å². The lowest BCUT2D eigenvalue weighted by atomic mass is 10.2. The first-order chi connectivity index (χ1) is 6.59. The highest BCUT2D eigenvalue weighted by Gasteiger charge is 2.03. The summed E-state index contributed by atoms with van der Waals surface area (Å²) in [6.45, 7) is 6.53. The van der Waals surface area contributed by atoms with E-state index in [9.17, 15) is 4.79 Å². The average Bonchev–Trinajstić information content (AvgIpc) is 2.46. The van der Waals surface area contributed by atoms with Gasteiger partial charge in [-0.1, -0.05) is 0 Å². The summed E-state index contributed by atoms with van der Waals surface area (Å²) in [6, 6.07) is 0.0733. The highest BCUT2D eigenvalue weighted by molar-refractivity contribution is 7.08. The Labute approximate surface area is 88.5 Å². The standard InChI is InChI=1S/C10H16N2OS/c1-7(2)12-10(13)11-4-9-6-14-5-8(9)3/h5-7H,4H2,1-3H3,(H2,11,12,13). The Morgan fingerprint density at radius 3 is 2.71 bits per heavy atom. The largest absolute Gasteiger partial charge is 0.336 e. The van der Waals surface area contributed by atoms with E-state index in [4.69, 9.17) is 0 Å². The van der Waals surface area contributed by atoms with Crippen molar-refractivity contribution in [3.63, 3.8) is 0 Å². The van der Waals surface area contributed by atoms with E-state index >= 15 is 0 Å². The summed E-state index contributed by atoms with van der Waals surface area (Å²) in [6.07, 6.45) is 0. The van der Waals surface area contributed by atoms with Crippen LogP contribution in [0.4, 0.5) is 4.79 Å². The molecule has 0 aliphatic heterocycles. The lowest BCUT2D eigenvalue weighted by Gasteiger charge is -2.09. The molecule has 14 heavy (non-hydrogen) atoms. The molecule has 3 nitrogen and oxygen atoms in total. The molecule has 0 spiro atoms. The van der Waals surface area contributed by atoms with Crippen molar-refractivity contribution in [1.82, 2.24) is 10.6 Å². The van der Waals surface area contributed by atoms with E-state index in [-0.39, 0.29) is 12.1 Å². The van der Waals surface area contributed by atoms with Gasteiger partial charge in [-0.3, -0.25) is 0 Å². The van der Waals surface area contributed by atoms with Gasteiger partial charge < -0.3 is 10.6 Å². The minimum atomic E-state index is -0.106. The maximum absolute atomic E-state index is 11.2. The summed E-state index contributed by atoms with van der Waals surface area (Å²) in [7, 11) is 0. The SMILES string of the molecule is Cc1cscc1CNC(=O)NC(C)C.